The number of rotatable bonds is 3. The molecule has 2 N–H and O–H groups in total. The number of nitrogens with one attached hydrogen (secondary N) is 2. The normalized spacial score (nSPS) is 14.2. The van der Waals surface area contributed by atoms with Crippen molar-refractivity contribution in [3.05, 3.63) is 82.8 Å². The van der Waals surface area contributed by atoms with E-state index in [2.05, 4.69) is 15.3 Å². The van der Waals surface area contributed by atoms with Crippen LogP contribution in [0.4, 0.5) is 5.69 Å². The highest BCUT2D eigenvalue weighted by Gasteiger charge is 2.31. The Labute approximate surface area is 160 Å². The SMILES string of the molecule is O=C(c1ccccc1)N1CC(Nc2ccnc3[nH]c(=O)c4ccccc4c23)C1. The Morgan fingerprint density at radius 3 is 2.50 bits per heavy atom. The summed E-state index contributed by atoms with van der Waals surface area (Å²) in [6.07, 6.45) is 1.68. The van der Waals surface area contributed by atoms with Crippen molar-refractivity contribution in [3.8, 4) is 0 Å². The summed E-state index contributed by atoms with van der Waals surface area (Å²) in [5.74, 6) is 0.0491. The number of aromatic amines is 1. The maximum absolute atomic E-state index is 12.5. The molecule has 0 bridgehead atoms. The lowest BCUT2D eigenvalue weighted by molar-refractivity contribution is 0.0625. The van der Waals surface area contributed by atoms with E-state index in [1.807, 2.05) is 65.6 Å². The van der Waals surface area contributed by atoms with E-state index in [1.165, 1.54) is 0 Å². The second-order valence-corrected chi connectivity index (χ2v) is 7.00. The molecule has 0 atom stereocenters. The van der Waals surface area contributed by atoms with E-state index in [9.17, 15) is 9.59 Å². The second kappa shape index (κ2) is 6.49. The van der Waals surface area contributed by atoms with Crippen LogP contribution in [0.5, 0.6) is 0 Å². The highest BCUT2D eigenvalue weighted by Crippen LogP contribution is 2.28. The van der Waals surface area contributed by atoms with Gasteiger partial charge in [0.15, 0.2) is 0 Å². The second-order valence-electron chi connectivity index (χ2n) is 7.00. The van der Waals surface area contributed by atoms with E-state index in [1.54, 1.807) is 6.20 Å². The Balaban J connectivity index is 1.42. The third-order valence-corrected chi connectivity index (χ3v) is 5.17. The lowest BCUT2D eigenvalue weighted by Crippen LogP contribution is -2.57. The number of H-pyrrole nitrogens is 1. The molecule has 5 rings (SSSR count). The van der Waals surface area contributed by atoms with Crippen molar-refractivity contribution in [1.82, 2.24) is 14.9 Å². The van der Waals surface area contributed by atoms with Crippen molar-refractivity contribution in [3.63, 3.8) is 0 Å². The number of anilines is 1. The molecule has 3 heterocycles. The van der Waals surface area contributed by atoms with Gasteiger partial charge < -0.3 is 15.2 Å². The Hall–Kier alpha value is -3.67. The van der Waals surface area contributed by atoms with Crippen LogP contribution in [-0.4, -0.2) is 39.9 Å². The summed E-state index contributed by atoms with van der Waals surface area (Å²) in [5.41, 5.74) is 2.04. The van der Waals surface area contributed by atoms with E-state index in [0.29, 0.717) is 29.7 Å². The molecule has 1 fully saturated rings. The first-order valence-corrected chi connectivity index (χ1v) is 9.21. The lowest BCUT2D eigenvalue weighted by Gasteiger charge is -2.40. The number of amides is 1. The molecule has 6 heteroatoms. The molecule has 6 nitrogen and oxygen atoms in total. The Morgan fingerprint density at radius 2 is 1.71 bits per heavy atom. The van der Waals surface area contributed by atoms with Crippen molar-refractivity contribution >= 4 is 33.4 Å². The van der Waals surface area contributed by atoms with Crippen molar-refractivity contribution in [2.24, 2.45) is 0 Å². The zero-order valence-corrected chi connectivity index (χ0v) is 15.1. The largest absolute Gasteiger partial charge is 0.378 e. The van der Waals surface area contributed by atoms with Crippen molar-refractivity contribution in [1.29, 1.82) is 0 Å². The summed E-state index contributed by atoms with van der Waals surface area (Å²) in [6, 6.07) is 18.9. The van der Waals surface area contributed by atoms with Gasteiger partial charge in [0.1, 0.15) is 5.65 Å². The summed E-state index contributed by atoms with van der Waals surface area (Å²) < 4.78 is 0. The number of fused-ring (bicyclic) bond motifs is 3. The monoisotopic (exact) mass is 370 g/mol. The molecule has 0 unspecified atom stereocenters. The first-order chi connectivity index (χ1) is 13.7. The topological polar surface area (TPSA) is 78.1 Å². The number of hydrogen-bond donors (Lipinski definition) is 2. The number of nitrogens with zero attached hydrogens (tertiary/aromatic N) is 2. The summed E-state index contributed by atoms with van der Waals surface area (Å²) in [6.45, 7) is 1.28. The van der Waals surface area contributed by atoms with E-state index >= 15 is 0 Å². The van der Waals surface area contributed by atoms with Gasteiger partial charge in [-0.15, -0.1) is 0 Å². The Morgan fingerprint density at radius 1 is 1.00 bits per heavy atom. The van der Waals surface area contributed by atoms with Crippen LogP contribution in [0.15, 0.2) is 71.7 Å². The summed E-state index contributed by atoms with van der Waals surface area (Å²) in [7, 11) is 0. The minimum Gasteiger partial charge on any atom is -0.378 e. The van der Waals surface area contributed by atoms with Gasteiger partial charge in [0.25, 0.3) is 11.5 Å². The fraction of sp³-hybridized carbons (Fsp3) is 0.136. The predicted molar refractivity (Wildman–Crippen MR) is 110 cm³/mol. The van der Waals surface area contributed by atoms with Gasteiger partial charge in [0, 0.05) is 46.7 Å². The van der Waals surface area contributed by atoms with E-state index in [4.69, 9.17) is 0 Å². The molecule has 0 radical (unpaired) electrons. The fourth-order valence-electron chi connectivity index (χ4n) is 3.74. The molecule has 2 aromatic heterocycles. The molecule has 0 spiro atoms. The van der Waals surface area contributed by atoms with Gasteiger partial charge in [-0.05, 0) is 24.3 Å². The first-order valence-electron chi connectivity index (χ1n) is 9.21. The van der Waals surface area contributed by atoms with Gasteiger partial charge in [-0.3, -0.25) is 9.59 Å². The van der Waals surface area contributed by atoms with Crippen LogP contribution in [0.2, 0.25) is 0 Å². The van der Waals surface area contributed by atoms with Crippen LogP contribution in [0.3, 0.4) is 0 Å². The Kier molecular flexibility index (Phi) is 3.83. The molecule has 28 heavy (non-hydrogen) atoms. The average molecular weight is 370 g/mol. The molecule has 1 aliphatic rings. The molecular formula is C22H18N4O2. The molecule has 4 aromatic rings. The zero-order valence-electron chi connectivity index (χ0n) is 15.1. The zero-order chi connectivity index (χ0) is 19.1. The molecule has 138 valence electrons. The van der Waals surface area contributed by atoms with E-state index in [-0.39, 0.29) is 17.5 Å². The fourth-order valence-corrected chi connectivity index (χ4v) is 3.74. The average Bonchev–Trinajstić information content (AvgIpc) is 2.70. The van der Waals surface area contributed by atoms with Crippen LogP contribution in [0.1, 0.15) is 10.4 Å². The standard InChI is InChI=1S/C22H18N4O2/c27-21-17-9-5-4-8-16(17)19-18(10-11-23-20(19)25-21)24-15-12-26(13-15)22(28)14-6-2-1-3-7-14/h1-11,15H,12-13H2,(H2,23,24,25,27). The number of benzene rings is 2. The maximum atomic E-state index is 12.5. The summed E-state index contributed by atoms with van der Waals surface area (Å²) in [5, 5.41) is 5.92. The number of carbonyl (C=O) groups is 1. The highest BCUT2D eigenvalue weighted by molar-refractivity contribution is 6.10. The number of hydrogen-bond acceptors (Lipinski definition) is 4. The predicted octanol–water partition coefficient (Wildman–Crippen LogP) is 3.01. The third kappa shape index (κ3) is 2.70. The lowest BCUT2D eigenvalue weighted by atomic mass is 10.0. The number of aromatic nitrogens is 2. The van der Waals surface area contributed by atoms with Gasteiger partial charge in [-0.2, -0.15) is 0 Å². The van der Waals surface area contributed by atoms with Gasteiger partial charge in [0.2, 0.25) is 0 Å². The minimum atomic E-state index is -0.143. The molecule has 0 aliphatic carbocycles. The molecular weight excluding hydrogens is 352 g/mol. The summed E-state index contributed by atoms with van der Waals surface area (Å²) >= 11 is 0. The maximum Gasteiger partial charge on any atom is 0.257 e. The van der Waals surface area contributed by atoms with Crippen LogP contribution in [0.25, 0.3) is 21.8 Å². The molecule has 1 aliphatic heterocycles. The van der Waals surface area contributed by atoms with Crippen LogP contribution in [-0.2, 0) is 0 Å². The van der Waals surface area contributed by atoms with Crippen molar-refractivity contribution < 1.29 is 4.79 Å². The smallest absolute Gasteiger partial charge is 0.257 e. The molecule has 1 amide bonds. The number of carbonyl (C=O) groups excluding carboxylic acids is 1. The van der Waals surface area contributed by atoms with Crippen molar-refractivity contribution in [2.45, 2.75) is 6.04 Å². The van der Waals surface area contributed by atoms with Crippen LogP contribution < -0.4 is 10.9 Å². The Bertz CT molecular complexity index is 1240. The van der Waals surface area contributed by atoms with Gasteiger partial charge >= 0.3 is 0 Å². The highest BCUT2D eigenvalue weighted by atomic mass is 16.2. The molecule has 2 aromatic carbocycles. The van der Waals surface area contributed by atoms with E-state index < -0.39 is 0 Å². The van der Waals surface area contributed by atoms with Crippen LogP contribution >= 0.6 is 0 Å². The first kappa shape index (κ1) is 16.5. The van der Waals surface area contributed by atoms with Gasteiger partial charge in [-0.25, -0.2) is 4.98 Å². The van der Waals surface area contributed by atoms with Crippen molar-refractivity contribution in [2.75, 3.05) is 18.4 Å². The summed E-state index contributed by atoms with van der Waals surface area (Å²) in [4.78, 5) is 33.8. The van der Waals surface area contributed by atoms with E-state index in [0.717, 1.165) is 16.5 Å². The quantitative estimate of drug-likeness (QED) is 0.544. The van der Waals surface area contributed by atoms with Gasteiger partial charge in [0.05, 0.1) is 6.04 Å². The minimum absolute atomic E-state index is 0.0491. The van der Waals surface area contributed by atoms with Gasteiger partial charge in [-0.1, -0.05) is 36.4 Å². The molecule has 0 saturated carbocycles. The molecule has 1 saturated heterocycles. The number of pyridine rings is 2. The number of likely N-dealkylation sites (tertiary alicyclic amines) is 1. The van der Waals surface area contributed by atoms with Crippen LogP contribution in [0, 0.1) is 0 Å². The third-order valence-electron chi connectivity index (χ3n) is 5.17.